The number of carbonyl (C=O) groups is 1. The van der Waals surface area contributed by atoms with Gasteiger partial charge in [0.25, 0.3) is 0 Å². The molecule has 100 valence electrons. The van der Waals surface area contributed by atoms with Crippen LogP contribution in [0.3, 0.4) is 0 Å². The van der Waals surface area contributed by atoms with E-state index < -0.39 is 29.2 Å². The second kappa shape index (κ2) is 4.61. The minimum atomic E-state index is -4.44. The summed E-state index contributed by atoms with van der Waals surface area (Å²) in [5, 5.41) is 18.2. The molecule has 6 heteroatoms. The standard InChI is InChI=1S/C12H13F3O3/c1-11(2,9(16)10(17)18)7-3-5-8(6-4-7)12(13,14)15/h3-6,9,16H,1-2H3,(H,17,18). The number of hydrogen-bond acceptors (Lipinski definition) is 2. The van der Waals surface area contributed by atoms with E-state index in [0.29, 0.717) is 5.56 Å². The third kappa shape index (κ3) is 2.81. The van der Waals surface area contributed by atoms with Crippen molar-refractivity contribution in [2.75, 3.05) is 0 Å². The van der Waals surface area contributed by atoms with Crippen molar-refractivity contribution in [3.63, 3.8) is 0 Å². The predicted octanol–water partition coefficient (Wildman–Crippen LogP) is 2.43. The maximum Gasteiger partial charge on any atom is 0.416 e. The fourth-order valence-electron chi connectivity index (χ4n) is 1.56. The largest absolute Gasteiger partial charge is 0.479 e. The van der Waals surface area contributed by atoms with Crippen LogP contribution in [0.15, 0.2) is 24.3 Å². The lowest BCUT2D eigenvalue weighted by molar-refractivity contribution is -0.150. The Morgan fingerprint density at radius 1 is 1.11 bits per heavy atom. The number of carboxylic acids is 1. The van der Waals surface area contributed by atoms with Crippen molar-refractivity contribution >= 4 is 5.97 Å². The zero-order valence-corrected chi connectivity index (χ0v) is 9.82. The average molecular weight is 262 g/mol. The summed E-state index contributed by atoms with van der Waals surface area (Å²) in [7, 11) is 0. The van der Waals surface area contributed by atoms with Gasteiger partial charge in [0, 0.05) is 5.41 Å². The van der Waals surface area contributed by atoms with Crippen LogP contribution in [0.25, 0.3) is 0 Å². The number of aliphatic carboxylic acids is 1. The molecule has 0 heterocycles. The van der Waals surface area contributed by atoms with Gasteiger partial charge in [-0.2, -0.15) is 13.2 Å². The van der Waals surface area contributed by atoms with Crippen LogP contribution in [0.2, 0.25) is 0 Å². The third-order valence-corrected chi connectivity index (χ3v) is 2.87. The van der Waals surface area contributed by atoms with Gasteiger partial charge >= 0.3 is 12.1 Å². The predicted molar refractivity (Wildman–Crippen MR) is 58.1 cm³/mol. The third-order valence-electron chi connectivity index (χ3n) is 2.87. The number of alkyl halides is 3. The van der Waals surface area contributed by atoms with Gasteiger partial charge in [-0.3, -0.25) is 0 Å². The van der Waals surface area contributed by atoms with Crippen LogP contribution in [-0.4, -0.2) is 22.3 Å². The fourth-order valence-corrected chi connectivity index (χ4v) is 1.56. The molecule has 0 aliphatic carbocycles. The first-order chi connectivity index (χ1) is 8.06. The minimum absolute atomic E-state index is 0.324. The van der Waals surface area contributed by atoms with E-state index in [1.807, 2.05) is 0 Å². The molecule has 1 aromatic rings. The molecule has 0 saturated carbocycles. The highest BCUT2D eigenvalue weighted by molar-refractivity contribution is 5.74. The van der Waals surface area contributed by atoms with E-state index in [-0.39, 0.29) is 0 Å². The Morgan fingerprint density at radius 2 is 1.50 bits per heavy atom. The molecule has 0 amide bonds. The molecule has 0 fully saturated rings. The molecule has 0 aromatic heterocycles. The molecule has 3 nitrogen and oxygen atoms in total. The van der Waals surface area contributed by atoms with Gasteiger partial charge < -0.3 is 10.2 Å². The normalized spacial score (nSPS) is 14.3. The number of hydrogen-bond donors (Lipinski definition) is 2. The Bertz CT molecular complexity index is 435. The highest BCUT2D eigenvalue weighted by Crippen LogP contribution is 2.32. The molecule has 0 spiro atoms. The lowest BCUT2D eigenvalue weighted by Crippen LogP contribution is -2.39. The molecule has 1 aromatic carbocycles. The number of aliphatic hydroxyl groups is 1. The van der Waals surface area contributed by atoms with Gasteiger partial charge in [-0.25, -0.2) is 4.79 Å². The van der Waals surface area contributed by atoms with E-state index in [1.54, 1.807) is 0 Å². The van der Waals surface area contributed by atoms with Gasteiger partial charge in [0.1, 0.15) is 0 Å². The summed E-state index contributed by atoms with van der Waals surface area (Å²) >= 11 is 0. The van der Waals surface area contributed by atoms with Crippen LogP contribution in [0.1, 0.15) is 25.0 Å². The SMILES string of the molecule is CC(C)(c1ccc(C(F)(F)F)cc1)C(O)C(=O)O. The quantitative estimate of drug-likeness (QED) is 0.879. The lowest BCUT2D eigenvalue weighted by atomic mass is 9.79. The van der Waals surface area contributed by atoms with Crippen LogP contribution in [-0.2, 0) is 16.4 Å². The number of carboxylic acid groups (broad SMARTS) is 1. The first kappa shape index (κ1) is 14.5. The molecule has 0 radical (unpaired) electrons. The molecule has 18 heavy (non-hydrogen) atoms. The summed E-state index contributed by atoms with van der Waals surface area (Å²) in [4.78, 5) is 10.7. The van der Waals surface area contributed by atoms with Crippen molar-refractivity contribution in [2.24, 2.45) is 0 Å². The summed E-state index contributed by atoms with van der Waals surface area (Å²) < 4.78 is 37.1. The maximum absolute atomic E-state index is 12.4. The number of halogens is 3. The van der Waals surface area contributed by atoms with Crippen LogP contribution >= 0.6 is 0 Å². The molecular formula is C12H13F3O3. The lowest BCUT2D eigenvalue weighted by Gasteiger charge is -2.28. The minimum Gasteiger partial charge on any atom is -0.479 e. The van der Waals surface area contributed by atoms with Gasteiger partial charge in [0.15, 0.2) is 6.10 Å². The van der Waals surface area contributed by atoms with Crippen molar-refractivity contribution in [1.29, 1.82) is 0 Å². The van der Waals surface area contributed by atoms with Gasteiger partial charge in [0.05, 0.1) is 5.56 Å². The second-order valence-electron chi connectivity index (χ2n) is 4.54. The molecule has 1 rings (SSSR count). The van der Waals surface area contributed by atoms with Gasteiger partial charge in [0.2, 0.25) is 0 Å². The second-order valence-corrected chi connectivity index (χ2v) is 4.54. The van der Waals surface area contributed by atoms with E-state index in [0.717, 1.165) is 12.1 Å². The Hall–Kier alpha value is -1.56. The average Bonchev–Trinajstić information content (AvgIpc) is 2.26. The topological polar surface area (TPSA) is 57.5 Å². The van der Waals surface area contributed by atoms with E-state index in [4.69, 9.17) is 5.11 Å². The van der Waals surface area contributed by atoms with E-state index in [1.165, 1.54) is 26.0 Å². The smallest absolute Gasteiger partial charge is 0.416 e. The number of rotatable bonds is 3. The van der Waals surface area contributed by atoms with Crippen molar-refractivity contribution < 1.29 is 28.2 Å². The Balaban J connectivity index is 3.08. The van der Waals surface area contributed by atoms with E-state index in [9.17, 15) is 23.1 Å². The summed E-state index contributed by atoms with van der Waals surface area (Å²) in [6.45, 7) is 2.91. The summed E-state index contributed by atoms with van der Waals surface area (Å²) in [6.07, 6.45) is -6.12. The number of benzene rings is 1. The zero-order valence-electron chi connectivity index (χ0n) is 9.82. The van der Waals surface area contributed by atoms with Crippen LogP contribution < -0.4 is 0 Å². The van der Waals surface area contributed by atoms with Crippen molar-refractivity contribution in [3.8, 4) is 0 Å². The van der Waals surface area contributed by atoms with Crippen molar-refractivity contribution in [1.82, 2.24) is 0 Å². The monoisotopic (exact) mass is 262 g/mol. The molecule has 0 bridgehead atoms. The van der Waals surface area contributed by atoms with Gasteiger partial charge in [-0.1, -0.05) is 26.0 Å². The first-order valence-electron chi connectivity index (χ1n) is 5.15. The molecule has 1 unspecified atom stereocenters. The van der Waals surface area contributed by atoms with Crippen LogP contribution in [0.4, 0.5) is 13.2 Å². The molecule has 0 saturated heterocycles. The molecule has 1 atom stereocenters. The highest BCUT2D eigenvalue weighted by Gasteiger charge is 2.36. The summed E-state index contributed by atoms with van der Waals surface area (Å²) in [5.74, 6) is -1.42. The van der Waals surface area contributed by atoms with E-state index in [2.05, 4.69) is 0 Å². The van der Waals surface area contributed by atoms with Crippen molar-refractivity contribution in [3.05, 3.63) is 35.4 Å². The molecule has 0 aliphatic rings. The Labute approximate surface area is 102 Å². The zero-order chi connectivity index (χ0) is 14.1. The highest BCUT2D eigenvalue weighted by atomic mass is 19.4. The molecular weight excluding hydrogens is 249 g/mol. The summed E-state index contributed by atoms with van der Waals surface area (Å²) in [5.41, 5.74) is -1.66. The van der Waals surface area contributed by atoms with Crippen molar-refractivity contribution in [2.45, 2.75) is 31.5 Å². The van der Waals surface area contributed by atoms with Crippen LogP contribution in [0, 0.1) is 0 Å². The fraction of sp³-hybridized carbons (Fsp3) is 0.417. The maximum atomic E-state index is 12.4. The Kier molecular flexibility index (Phi) is 3.71. The van der Waals surface area contributed by atoms with E-state index >= 15 is 0 Å². The van der Waals surface area contributed by atoms with Gasteiger partial charge in [-0.15, -0.1) is 0 Å². The Morgan fingerprint density at radius 3 is 1.83 bits per heavy atom. The van der Waals surface area contributed by atoms with Gasteiger partial charge in [-0.05, 0) is 17.7 Å². The first-order valence-corrected chi connectivity index (χ1v) is 5.15. The van der Waals surface area contributed by atoms with Crippen LogP contribution in [0.5, 0.6) is 0 Å². The summed E-state index contributed by atoms with van der Waals surface area (Å²) in [6, 6.07) is 4.08. The molecule has 0 aliphatic heterocycles. The number of aliphatic hydroxyl groups excluding tert-OH is 1. The molecule has 2 N–H and O–H groups in total.